The number of aromatic nitrogens is 1. The molecule has 0 atom stereocenters. The van der Waals surface area contributed by atoms with E-state index in [1.54, 1.807) is 19.4 Å². The number of hydrogen-bond donors (Lipinski definition) is 1. The summed E-state index contributed by atoms with van der Waals surface area (Å²) in [5, 5.41) is 10.4. The molecular formula is C15H16N2O3. The Morgan fingerprint density at radius 2 is 2.00 bits per heavy atom. The third-order valence-corrected chi connectivity index (χ3v) is 3.13. The van der Waals surface area contributed by atoms with Crippen LogP contribution in [0.2, 0.25) is 0 Å². The van der Waals surface area contributed by atoms with E-state index in [4.69, 9.17) is 5.11 Å². The molecular weight excluding hydrogens is 256 g/mol. The normalized spacial score (nSPS) is 10.4. The smallest absolute Gasteiger partial charge is 0.303 e. The Bertz CT molecular complexity index is 635. The standard InChI is InChI=1S/C15H16N2O3/c1-17(8-4-7-14(18)19)15(20)13-10-16-9-11-5-2-3-6-12(11)13/h2-3,5-6,9-10H,4,7-8H2,1H3,(H,18,19). The fourth-order valence-corrected chi connectivity index (χ4v) is 2.06. The summed E-state index contributed by atoms with van der Waals surface area (Å²) in [5.74, 6) is -0.989. The van der Waals surface area contributed by atoms with Crippen LogP contribution < -0.4 is 0 Å². The molecule has 20 heavy (non-hydrogen) atoms. The molecule has 0 aliphatic carbocycles. The summed E-state index contributed by atoms with van der Waals surface area (Å²) < 4.78 is 0. The Morgan fingerprint density at radius 3 is 2.75 bits per heavy atom. The molecule has 0 spiro atoms. The number of aliphatic carboxylic acids is 1. The SMILES string of the molecule is CN(CCCC(=O)O)C(=O)c1cncc2ccccc12. The monoisotopic (exact) mass is 272 g/mol. The molecule has 2 aromatic rings. The van der Waals surface area contributed by atoms with Gasteiger partial charge in [0, 0.05) is 37.8 Å². The van der Waals surface area contributed by atoms with Gasteiger partial charge in [0.1, 0.15) is 0 Å². The lowest BCUT2D eigenvalue weighted by molar-refractivity contribution is -0.137. The molecule has 1 heterocycles. The Kier molecular flexibility index (Phi) is 4.30. The van der Waals surface area contributed by atoms with Crippen LogP contribution in [0.1, 0.15) is 23.2 Å². The van der Waals surface area contributed by atoms with Gasteiger partial charge >= 0.3 is 5.97 Å². The molecule has 1 aromatic heterocycles. The molecule has 0 bridgehead atoms. The van der Waals surface area contributed by atoms with E-state index < -0.39 is 5.97 Å². The summed E-state index contributed by atoms with van der Waals surface area (Å²) in [6.45, 7) is 0.411. The van der Waals surface area contributed by atoms with Gasteiger partial charge in [-0.15, -0.1) is 0 Å². The van der Waals surface area contributed by atoms with E-state index >= 15 is 0 Å². The van der Waals surface area contributed by atoms with Crippen LogP contribution in [0.3, 0.4) is 0 Å². The Hall–Kier alpha value is -2.43. The van der Waals surface area contributed by atoms with E-state index in [9.17, 15) is 9.59 Å². The molecule has 0 saturated heterocycles. The van der Waals surface area contributed by atoms with Gasteiger partial charge in [-0.2, -0.15) is 0 Å². The van der Waals surface area contributed by atoms with E-state index in [2.05, 4.69) is 4.98 Å². The van der Waals surface area contributed by atoms with Crippen molar-refractivity contribution in [3.63, 3.8) is 0 Å². The van der Waals surface area contributed by atoms with Crippen LogP contribution in [-0.4, -0.2) is 40.5 Å². The van der Waals surface area contributed by atoms with Gasteiger partial charge in [0.2, 0.25) is 0 Å². The maximum absolute atomic E-state index is 12.4. The van der Waals surface area contributed by atoms with E-state index in [0.717, 1.165) is 10.8 Å². The minimum atomic E-state index is -0.849. The zero-order valence-electron chi connectivity index (χ0n) is 11.2. The van der Waals surface area contributed by atoms with E-state index in [1.165, 1.54) is 4.90 Å². The van der Waals surface area contributed by atoms with Crippen molar-refractivity contribution in [3.05, 3.63) is 42.2 Å². The topological polar surface area (TPSA) is 70.5 Å². The second-order valence-corrected chi connectivity index (χ2v) is 4.63. The van der Waals surface area contributed by atoms with Crippen LogP contribution in [-0.2, 0) is 4.79 Å². The average molecular weight is 272 g/mol. The molecule has 104 valence electrons. The average Bonchev–Trinajstić information content (AvgIpc) is 2.45. The van der Waals surface area contributed by atoms with Gasteiger partial charge in [-0.3, -0.25) is 14.6 Å². The Labute approximate surface area is 116 Å². The van der Waals surface area contributed by atoms with Crippen molar-refractivity contribution in [2.45, 2.75) is 12.8 Å². The van der Waals surface area contributed by atoms with Crippen molar-refractivity contribution < 1.29 is 14.7 Å². The number of benzene rings is 1. The summed E-state index contributed by atoms with van der Waals surface area (Å²) in [7, 11) is 1.67. The van der Waals surface area contributed by atoms with E-state index in [0.29, 0.717) is 18.5 Å². The quantitative estimate of drug-likeness (QED) is 0.905. The second kappa shape index (κ2) is 6.14. The molecule has 1 N–H and O–H groups in total. The van der Waals surface area contributed by atoms with Crippen molar-refractivity contribution in [2.75, 3.05) is 13.6 Å². The molecule has 5 nitrogen and oxygen atoms in total. The summed E-state index contributed by atoms with van der Waals surface area (Å²) >= 11 is 0. The number of fused-ring (bicyclic) bond motifs is 1. The van der Waals surface area contributed by atoms with Crippen molar-refractivity contribution in [2.24, 2.45) is 0 Å². The number of pyridine rings is 1. The number of carboxylic acids is 1. The number of carboxylic acid groups (broad SMARTS) is 1. The highest BCUT2D eigenvalue weighted by atomic mass is 16.4. The van der Waals surface area contributed by atoms with Gasteiger partial charge in [-0.25, -0.2) is 0 Å². The van der Waals surface area contributed by atoms with Crippen molar-refractivity contribution in [1.82, 2.24) is 9.88 Å². The number of amides is 1. The lowest BCUT2D eigenvalue weighted by Gasteiger charge is -2.17. The third-order valence-electron chi connectivity index (χ3n) is 3.13. The first-order valence-electron chi connectivity index (χ1n) is 6.39. The van der Waals surface area contributed by atoms with Crippen LogP contribution in [0.15, 0.2) is 36.7 Å². The first kappa shape index (κ1) is 14.0. The summed E-state index contributed by atoms with van der Waals surface area (Å²) in [6, 6.07) is 7.57. The zero-order chi connectivity index (χ0) is 14.5. The minimum Gasteiger partial charge on any atom is -0.481 e. The molecule has 5 heteroatoms. The van der Waals surface area contributed by atoms with Gasteiger partial charge < -0.3 is 10.0 Å². The molecule has 1 aromatic carbocycles. The number of nitrogens with zero attached hydrogens (tertiary/aromatic N) is 2. The third kappa shape index (κ3) is 3.12. The first-order valence-corrected chi connectivity index (χ1v) is 6.39. The molecule has 0 radical (unpaired) electrons. The number of rotatable bonds is 5. The molecule has 0 aliphatic rings. The maximum atomic E-state index is 12.4. The minimum absolute atomic E-state index is 0.0609. The molecule has 0 fully saturated rings. The Balaban J connectivity index is 2.16. The van der Waals surface area contributed by atoms with E-state index in [1.807, 2.05) is 24.3 Å². The summed E-state index contributed by atoms with van der Waals surface area (Å²) in [5.41, 5.74) is 0.543. The molecule has 0 unspecified atom stereocenters. The van der Waals surface area contributed by atoms with Crippen molar-refractivity contribution in [1.29, 1.82) is 0 Å². The lowest BCUT2D eigenvalue weighted by atomic mass is 10.1. The number of hydrogen-bond acceptors (Lipinski definition) is 3. The van der Waals surface area contributed by atoms with Crippen LogP contribution in [0.4, 0.5) is 0 Å². The largest absolute Gasteiger partial charge is 0.481 e. The number of carbonyl (C=O) groups is 2. The highest BCUT2D eigenvalue weighted by Gasteiger charge is 2.15. The van der Waals surface area contributed by atoms with Crippen LogP contribution >= 0.6 is 0 Å². The van der Waals surface area contributed by atoms with Crippen LogP contribution in [0.5, 0.6) is 0 Å². The highest BCUT2D eigenvalue weighted by molar-refractivity contribution is 6.06. The van der Waals surface area contributed by atoms with E-state index in [-0.39, 0.29) is 12.3 Å². The summed E-state index contributed by atoms with van der Waals surface area (Å²) in [6.07, 6.45) is 3.77. The fraction of sp³-hybridized carbons (Fsp3) is 0.267. The van der Waals surface area contributed by atoms with Gasteiger partial charge in [-0.05, 0) is 11.8 Å². The predicted octanol–water partition coefficient (Wildman–Crippen LogP) is 2.17. The zero-order valence-corrected chi connectivity index (χ0v) is 11.2. The molecule has 0 saturated carbocycles. The van der Waals surface area contributed by atoms with Crippen LogP contribution in [0, 0.1) is 0 Å². The molecule has 0 aliphatic heterocycles. The van der Waals surface area contributed by atoms with Crippen molar-refractivity contribution in [3.8, 4) is 0 Å². The summed E-state index contributed by atoms with van der Waals surface area (Å²) in [4.78, 5) is 28.5. The fourth-order valence-electron chi connectivity index (χ4n) is 2.06. The molecule has 2 rings (SSSR count). The maximum Gasteiger partial charge on any atom is 0.303 e. The van der Waals surface area contributed by atoms with Gasteiger partial charge in [0.25, 0.3) is 5.91 Å². The van der Waals surface area contributed by atoms with Gasteiger partial charge in [-0.1, -0.05) is 24.3 Å². The highest BCUT2D eigenvalue weighted by Crippen LogP contribution is 2.18. The van der Waals surface area contributed by atoms with Crippen LogP contribution in [0.25, 0.3) is 10.8 Å². The Morgan fingerprint density at radius 1 is 1.25 bits per heavy atom. The van der Waals surface area contributed by atoms with Gasteiger partial charge in [0.05, 0.1) is 5.56 Å². The van der Waals surface area contributed by atoms with Crippen molar-refractivity contribution >= 4 is 22.6 Å². The van der Waals surface area contributed by atoms with Gasteiger partial charge in [0.15, 0.2) is 0 Å². The molecule has 1 amide bonds. The first-order chi connectivity index (χ1) is 9.59. The number of carbonyl (C=O) groups excluding carboxylic acids is 1. The second-order valence-electron chi connectivity index (χ2n) is 4.63. The predicted molar refractivity (Wildman–Crippen MR) is 75.6 cm³/mol. The lowest BCUT2D eigenvalue weighted by Crippen LogP contribution is -2.28.